The lowest BCUT2D eigenvalue weighted by molar-refractivity contribution is 0.393. The number of nitrogens with zero attached hydrogens (tertiary/aromatic N) is 6. The second kappa shape index (κ2) is 13.1. The highest BCUT2D eigenvalue weighted by Gasteiger charge is 1.62. The van der Waals surface area contributed by atoms with Crippen LogP contribution in [0.1, 0.15) is 0 Å². The average Bonchev–Trinajstić information content (AvgIpc) is 3.38. The summed E-state index contributed by atoms with van der Waals surface area (Å²) in [5, 5.41) is 9.75. The first-order chi connectivity index (χ1) is 10.5. The van der Waals surface area contributed by atoms with E-state index < -0.39 is 0 Å². The van der Waals surface area contributed by atoms with Gasteiger partial charge in [-0.15, -0.1) is 5.10 Å². The van der Waals surface area contributed by atoms with Gasteiger partial charge in [0.1, 0.15) is 25.1 Å². The highest BCUT2D eigenvalue weighted by Crippen LogP contribution is 1.72. The van der Waals surface area contributed by atoms with Crippen molar-refractivity contribution in [1.82, 2.24) is 30.5 Å². The lowest BCUT2D eigenvalue weighted by Gasteiger charge is -1.70. The topological polar surface area (TPSA) is 117 Å². The van der Waals surface area contributed by atoms with E-state index >= 15 is 0 Å². The summed E-state index contributed by atoms with van der Waals surface area (Å²) in [7, 11) is 0. The fourth-order valence-electron chi connectivity index (χ4n) is 0.741. The van der Waals surface area contributed by atoms with Gasteiger partial charge in [0.05, 0.1) is 18.6 Å². The van der Waals surface area contributed by atoms with E-state index in [9.17, 15) is 0 Å². The van der Waals surface area contributed by atoms with Crippen LogP contribution in [0.25, 0.3) is 0 Å². The molecule has 0 aliphatic rings. The number of hydrogen-bond donors (Lipinski definition) is 0. The van der Waals surface area contributed by atoms with E-state index in [-0.39, 0.29) is 0 Å². The molecule has 108 valence electrons. The van der Waals surface area contributed by atoms with Crippen LogP contribution in [0, 0.1) is 0 Å². The van der Waals surface area contributed by atoms with Crippen LogP contribution in [-0.2, 0) is 0 Å². The molecular weight excluding hydrogens is 276 g/mol. The second-order valence-corrected chi connectivity index (χ2v) is 2.86. The maximum atomic E-state index is 4.47. The lowest BCUT2D eigenvalue weighted by Crippen LogP contribution is -1.66. The quantitative estimate of drug-likeness (QED) is 0.478. The molecule has 0 unspecified atom stereocenters. The molecule has 9 heteroatoms. The van der Waals surface area contributed by atoms with Gasteiger partial charge in [0.2, 0.25) is 0 Å². The monoisotopic (exact) mass is 288 g/mol. The Morgan fingerprint density at radius 2 is 1.57 bits per heavy atom. The van der Waals surface area contributed by atoms with E-state index in [1.807, 2.05) is 0 Å². The summed E-state index contributed by atoms with van der Waals surface area (Å²) in [5.41, 5.74) is 0. The maximum Gasteiger partial charge on any atom is 0.180 e. The van der Waals surface area contributed by atoms with Crippen molar-refractivity contribution in [2.24, 2.45) is 0 Å². The molecule has 0 saturated heterocycles. The van der Waals surface area contributed by atoms with Gasteiger partial charge in [-0.1, -0.05) is 5.16 Å². The van der Waals surface area contributed by atoms with Gasteiger partial charge < -0.3 is 13.5 Å². The number of oxazole rings is 1. The zero-order chi connectivity index (χ0) is 14.8. The minimum absolute atomic E-state index is 1.38. The smallest absolute Gasteiger partial charge is 0.180 e. The van der Waals surface area contributed by atoms with Crippen LogP contribution < -0.4 is 0 Å². The van der Waals surface area contributed by atoms with Crippen LogP contribution in [0.15, 0.2) is 88.1 Å². The minimum Gasteiger partial charge on any atom is -0.452 e. The third kappa shape index (κ3) is 11.5. The fourth-order valence-corrected chi connectivity index (χ4v) is 0.741. The van der Waals surface area contributed by atoms with Crippen molar-refractivity contribution in [2.75, 3.05) is 0 Å². The van der Waals surface area contributed by atoms with E-state index in [1.165, 1.54) is 37.7 Å². The van der Waals surface area contributed by atoms with Gasteiger partial charge in [-0.2, -0.15) is 0 Å². The number of aromatic nitrogens is 6. The zero-order valence-electron chi connectivity index (χ0n) is 10.8. The van der Waals surface area contributed by atoms with Crippen molar-refractivity contribution in [3.8, 4) is 0 Å². The number of rotatable bonds is 0. The summed E-state index contributed by atoms with van der Waals surface area (Å²) in [6.07, 6.45) is 15.3. The first-order valence-electron chi connectivity index (χ1n) is 5.57. The summed E-state index contributed by atoms with van der Waals surface area (Å²) in [4.78, 5) is 10.9. The maximum absolute atomic E-state index is 4.47. The normalized spacial score (nSPS) is 8.00. The van der Waals surface area contributed by atoms with E-state index in [2.05, 4.69) is 43.9 Å². The van der Waals surface area contributed by atoms with Gasteiger partial charge >= 0.3 is 0 Å². The Labute approximate surface area is 119 Å². The predicted molar refractivity (Wildman–Crippen MR) is 69.3 cm³/mol. The van der Waals surface area contributed by atoms with Gasteiger partial charge in [0.15, 0.2) is 6.39 Å². The molecule has 0 aliphatic heterocycles. The third-order valence-electron chi connectivity index (χ3n) is 1.45. The van der Waals surface area contributed by atoms with Crippen LogP contribution in [0.2, 0.25) is 0 Å². The molecule has 9 nitrogen and oxygen atoms in total. The molecule has 0 amide bonds. The van der Waals surface area contributed by atoms with Gasteiger partial charge in [-0.3, -0.25) is 0 Å². The molecule has 0 atom stereocenters. The zero-order valence-corrected chi connectivity index (χ0v) is 10.8. The van der Waals surface area contributed by atoms with Crippen molar-refractivity contribution in [3.05, 3.63) is 74.6 Å². The molecular formula is C12H12N6O3. The highest BCUT2D eigenvalue weighted by atomic mass is 16.5. The molecule has 0 radical (unpaired) electrons. The van der Waals surface area contributed by atoms with Gasteiger partial charge in [0.25, 0.3) is 0 Å². The van der Waals surface area contributed by atoms with Crippen LogP contribution in [0.5, 0.6) is 0 Å². The van der Waals surface area contributed by atoms with Crippen LogP contribution in [0.4, 0.5) is 0 Å². The third-order valence-corrected chi connectivity index (χ3v) is 1.45. The molecule has 0 fully saturated rings. The second-order valence-electron chi connectivity index (χ2n) is 2.86. The Balaban J connectivity index is 0.000000140. The van der Waals surface area contributed by atoms with Gasteiger partial charge in [-0.25, -0.2) is 15.0 Å². The fraction of sp³-hybridized carbons (Fsp3) is 0. The molecule has 0 spiro atoms. The molecule has 0 aromatic carbocycles. The van der Waals surface area contributed by atoms with E-state index in [0.29, 0.717) is 0 Å². The van der Waals surface area contributed by atoms with Crippen molar-refractivity contribution in [2.45, 2.75) is 0 Å². The Morgan fingerprint density at radius 3 is 1.76 bits per heavy atom. The van der Waals surface area contributed by atoms with E-state index in [0.717, 1.165) is 0 Å². The lowest BCUT2D eigenvalue weighted by atomic mass is 10.7. The summed E-state index contributed by atoms with van der Waals surface area (Å²) >= 11 is 0. The largest absolute Gasteiger partial charge is 0.452 e. The molecule has 4 rings (SSSR count). The average molecular weight is 288 g/mol. The molecule has 0 aliphatic carbocycles. The van der Waals surface area contributed by atoms with Crippen LogP contribution in [-0.4, -0.2) is 30.5 Å². The van der Waals surface area contributed by atoms with Gasteiger partial charge in [0, 0.05) is 17.7 Å². The molecule has 4 aromatic rings. The van der Waals surface area contributed by atoms with Crippen molar-refractivity contribution < 1.29 is 13.5 Å². The summed E-state index contributed by atoms with van der Waals surface area (Å²) in [6.45, 7) is 0. The summed E-state index contributed by atoms with van der Waals surface area (Å²) in [6, 6.07) is 3.50. The molecule has 4 heterocycles. The number of hydrogen-bond acceptors (Lipinski definition) is 9. The Bertz CT molecular complexity index is 428. The summed E-state index contributed by atoms with van der Waals surface area (Å²) in [5.74, 6) is 0. The first kappa shape index (κ1) is 15.7. The van der Waals surface area contributed by atoms with Crippen molar-refractivity contribution in [1.29, 1.82) is 0 Å². The van der Waals surface area contributed by atoms with Crippen LogP contribution >= 0.6 is 0 Å². The highest BCUT2D eigenvalue weighted by molar-refractivity contribution is 4.74. The Hall–Kier alpha value is -3.36. The SMILES string of the molecule is c1cncnc1.c1cnoc1.c1cocn1.c1conn1. The van der Waals surface area contributed by atoms with E-state index in [4.69, 9.17) is 0 Å². The molecule has 4 aromatic heterocycles. The van der Waals surface area contributed by atoms with Crippen molar-refractivity contribution in [3.63, 3.8) is 0 Å². The van der Waals surface area contributed by atoms with E-state index in [1.54, 1.807) is 36.9 Å². The molecule has 21 heavy (non-hydrogen) atoms. The predicted octanol–water partition coefficient (Wildman–Crippen LogP) is 1.90. The minimum atomic E-state index is 1.38. The molecule has 0 N–H and O–H groups in total. The Kier molecular flexibility index (Phi) is 9.78. The Morgan fingerprint density at radius 1 is 0.667 bits per heavy atom. The van der Waals surface area contributed by atoms with Crippen molar-refractivity contribution >= 4 is 0 Å². The van der Waals surface area contributed by atoms with Crippen LogP contribution in [0.3, 0.4) is 0 Å². The molecule has 0 saturated carbocycles. The first-order valence-corrected chi connectivity index (χ1v) is 5.57. The summed E-state index contributed by atoms with van der Waals surface area (Å²) < 4.78 is 13.0. The van der Waals surface area contributed by atoms with Gasteiger partial charge in [-0.05, 0) is 12.1 Å². The molecule has 0 bridgehead atoms. The standard InChI is InChI=1S/C4H4N2.2C3H3NO.C2H2N2O/c1-2-5-4-6-3-1;1-2-5-3-4-1;1-2-4-5-3-1;1-2-5-4-3-1/h1-4H;2*1-3H;1-2H.